The van der Waals surface area contributed by atoms with Crippen LogP contribution in [0, 0.1) is 0 Å². The summed E-state index contributed by atoms with van der Waals surface area (Å²) in [6.07, 6.45) is 3.87. The van der Waals surface area contributed by atoms with Crippen molar-refractivity contribution in [3.05, 3.63) is 64.7 Å². The van der Waals surface area contributed by atoms with E-state index < -0.39 is 0 Å². The van der Waals surface area contributed by atoms with Crippen LogP contribution in [0.1, 0.15) is 5.82 Å². The lowest BCUT2D eigenvalue weighted by Crippen LogP contribution is -2.33. The van der Waals surface area contributed by atoms with E-state index in [9.17, 15) is 0 Å². The highest BCUT2D eigenvalue weighted by molar-refractivity contribution is 6.36. The Morgan fingerprint density at radius 3 is 2.65 bits per heavy atom. The minimum atomic E-state index is 0.387. The highest BCUT2D eigenvalue weighted by Crippen LogP contribution is 2.28. The first-order valence-corrected chi connectivity index (χ1v) is 6.70. The first-order chi connectivity index (χ1) is 9.72. The van der Waals surface area contributed by atoms with Crippen LogP contribution in [0.2, 0.25) is 10.0 Å². The van der Waals surface area contributed by atoms with E-state index in [4.69, 9.17) is 27.7 Å². The molecule has 0 bridgehead atoms. The summed E-state index contributed by atoms with van der Waals surface area (Å²) in [6.45, 7) is 0.537. The number of nitrogens with zero attached hydrogens (tertiary/aromatic N) is 3. The van der Waals surface area contributed by atoms with Crippen LogP contribution in [-0.4, -0.2) is 10.1 Å². The molecule has 0 aliphatic carbocycles. The lowest BCUT2D eigenvalue weighted by Gasteiger charge is -1.98. The van der Waals surface area contributed by atoms with Crippen LogP contribution in [0.4, 0.5) is 0 Å². The molecule has 20 heavy (non-hydrogen) atoms. The molecule has 0 unspecified atom stereocenters. The third-order valence-electron chi connectivity index (χ3n) is 2.73. The number of benzene rings is 1. The molecule has 2 aromatic heterocycles. The van der Waals surface area contributed by atoms with Gasteiger partial charge in [-0.25, -0.2) is 0 Å². The van der Waals surface area contributed by atoms with Gasteiger partial charge >= 0.3 is 0 Å². The van der Waals surface area contributed by atoms with Crippen LogP contribution in [0.25, 0.3) is 11.5 Å². The summed E-state index contributed by atoms with van der Waals surface area (Å²) in [5.41, 5.74) is 0.674. The molecule has 2 heterocycles. The maximum atomic E-state index is 6.12. The van der Waals surface area contributed by atoms with Crippen molar-refractivity contribution < 1.29 is 9.09 Å². The number of hydrogen-bond donors (Lipinski definition) is 0. The molecule has 0 aliphatic heterocycles. The van der Waals surface area contributed by atoms with E-state index in [1.54, 1.807) is 18.2 Å². The van der Waals surface area contributed by atoms with Gasteiger partial charge in [0.15, 0.2) is 12.4 Å². The van der Waals surface area contributed by atoms with Crippen LogP contribution in [0.15, 0.2) is 53.3 Å². The molecule has 0 atom stereocenters. The van der Waals surface area contributed by atoms with Gasteiger partial charge in [-0.15, -0.1) is 0 Å². The van der Waals surface area contributed by atoms with Gasteiger partial charge in [-0.1, -0.05) is 34.4 Å². The summed E-state index contributed by atoms with van der Waals surface area (Å²) >= 11 is 12.0. The van der Waals surface area contributed by atoms with Gasteiger partial charge in [0, 0.05) is 17.2 Å². The second kappa shape index (κ2) is 5.61. The van der Waals surface area contributed by atoms with Crippen LogP contribution in [0.5, 0.6) is 0 Å². The lowest BCUT2D eigenvalue weighted by atomic mass is 10.2. The van der Waals surface area contributed by atoms with Crippen molar-refractivity contribution >= 4 is 23.2 Å². The van der Waals surface area contributed by atoms with E-state index >= 15 is 0 Å². The third-order valence-corrected chi connectivity index (χ3v) is 3.28. The molecule has 1 aromatic carbocycles. The number of pyridine rings is 1. The summed E-state index contributed by atoms with van der Waals surface area (Å²) in [5, 5.41) is 5.01. The summed E-state index contributed by atoms with van der Waals surface area (Å²) in [7, 11) is 0. The molecular weight excluding hydrogens is 297 g/mol. The fourth-order valence-electron chi connectivity index (χ4n) is 1.79. The first-order valence-electron chi connectivity index (χ1n) is 5.94. The number of halogens is 2. The molecule has 100 valence electrons. The van der Waals surface area contributed by atoms with E-state index in [1.807, 2.05) is 35.2 Å². The van der Waals surface area contributed by atoms with Gasteiger partial charge in [0.05, 0.1) is 10.6 Å². The predicted octanol–water partition coefficient (Wildman–Crippen LogP) is 3.38. The highest BCUT2D eigenvalue weighted by Gasteiger charge is 2.14. The lowest BCUT2D eigenvalue weighted by molar-refractivity contribution is -0.689. The van der Waals surface area contributed by atoms with Crippen molar-refractivity contribution in [2.75, 3.05) is 0 Å². The molecule has 3 aromatic rings. The quantitative estimate of drug-likeness (QED) is 0.697. The third kappa shape index (κ3) is 2.81. The van der Waals surface area contributed by atoms with Gasteiger partial charge in [0.1, 0.15) is 0 Å². The Morgan fingerprint density at radius 2 is 1.90 bits per heavy atom. The van der Waals surface area contributed by atoms with Crippen molar-refractivity contribution in [2.24, 2.45) is 0 Å². The molecule has 0 fully saturated rings. The maximum Gasteiger partial charge on any atom is 0.259 e. The van der Waals surface area contributed by atoms with Gasteiger partial charge in [-0.05, 0) is 18.2 Å². The average molecular weight is 307 g/mol. The molecule has 3 rings (SSSR count). The van der Waals surface area contributed by atoms with E-state index in [2.05, 4.69) is 10.1 Å². The standard InChI is InChI=1S/C14H10Cl2N3O/c15-10-4-5-11(12(16)8-10)14-17-13(18-20-14)9-19-6-2-1-3-7-19/h1-8H,9H2/q+1. The summed E-state index contributed by atoms with van der Waals surface area (Å²) < 4.78 is 7.20. The van der Waals surface area contributed by atoms with Gasteiger partial charge < -0.3 is 4.52 Å². The number of rotatable bonds is 3. The van der Waals surface area contributed by atoms with Crippen molar-refractivity contribution in [1.82, 2.24) is 10.1 Å². The van der Waals surface area contributed by atoms with Gasteiger partial charge in [0.25, 0.3) is 5.89 Å². The first kappa shape index (κ1) is 13.1. The molecule has 0 saturated heterocycles. The Bertz CT molecular complexity index is 728. The van der Waals surface area contributed by atoms with E-state index in [-0.39, 0.29) is 0 Å². The van der Waals surface area contributed by atoms with E-state index in [1.165, 1.54) is 0 Å². The normalized spacial score (nSPS) is 10.7. The van der Waals surface area contributed by atoms with E-state index in [0.717, 1.165) is 0 Å². The molecule has 0 N–H and O–H groups in total. The zero-order valence-electron chi connectivity index (χ0n) is 10.3. The highest BCUT2D eigenvalue weighted by atomic mass is 35.5. The fraction of sp³-hybridized carbons (Fsp3) is 0.0714. The summed E-state index contributed by atoms with van der Waals surface area (Å²) in [4.78, 5) is 4.34. The Morgan fingerprint density at radius 1 is 1.10 bits per heavy atom. The second-order valence-corrected chi connectivity index (χ2v) is 5.03. The van der Waals surface area contributed by atoms with Crippen LogP contribution in [0.3, 0.4) is 0 Å². The van der Waals surface area contributed by atoms with Crippen LogP contribution in [-0.2, 0) is 6.54 Å². The number of aromatic nitrogens is 3. The predicted molar refractivity (Wildman–Crippen MR) is 75.5 cm³/mol. The van der Waals surface area contributed by atoms with Crippen molar-refractivity contribution in [1.29, 1.82) is 0 Å². The van der Waals surface area contributed by atoms with Crippen molar-refractivity contribution in [2.45, 2.75) is 6.54 Å². The van der Waals surface area contributed by atoms with Crippen molar-refractivity contribution in [3.63, 3.8) is 0 Å². The molecule has 0 saturated carbocycles. The molecule has 0 amide bonds. The molecule has 4 nitrogen and oxygen atoms in total. The molecule has 0 aliphatic rings. The molecule has 0 radical (unpaired) electrons. The Balaban J connectivity index is 1.87. The number of hydrogen-bond acceptors (Lipinski definition) is 3. The van der Waals surface area contributed by atoms with E-state index in [0.29, 0.717) is 33.9 Å². The van der Waals surface area contributed by atoms with Crippen LogP contribution < -0.4 is 4.57 Å². The van der Waals surface area contributed by atoms with Gasteiger partial charge in [-0.3, -0.25) is 0 Å². The Hall–Kier alpha value is -1.91. The minimum absolute atomic E-state index is 0.387. The molecule has 0 spiro atoms. The van der Waals surface area contributed by atoms with Crippen molar-refractivity contribution in [3.8, 4) is 11.5 Å². The monoisotopic (exact) mass is 306 g/mol. The second-order valence-electron chi connectivity index (χ2n) is 4.19. The Labute approximate surface area is 125 Å². The zero-order valence-corrected chi connectivity index (χ0v) is 11.8. The Kier molecular flexibility index (Phi) is 3.67. The summed E-state index contributed by atoms with van der Waals surface area (Å²) in [5.74, 6) is 0.973. The largest absolute Gasteiger partial charge is 0.334 e. The zero-order chi connectivity index (χ0) is 13.9. The average Bonchev–Trinajstić information content (AvgIpc) is 2.88. The smallest absolute Gasteiger partial charge is 0.259 e. The minimum Gasteiger partial charge on any atom is -0.334 e. The topological polar surface area (TPSA) is 42.8 Å². The molecule has 6 heteroatoms. The fourth-order valence-corrected chi connectivity index (χ4v) is 2.28. The van der Waals surface area contributed by atoms with Gasteiger partial charge in [0.2, 0.25) is 12.4 Å². The SMILES string of the molecule is Clc1ccc(-c2nc(C[n+]3ccccc3)no2)c(Cl)c1. The summed E-state index contributed by atoms with van der Waals surface area (Å²) in [6, 6.07) is 11.0. The molecular formula is C14H10Cl2N3O+. The maximum absolute atomic E-state index is 6.12. The van der Waals surface area contributed by atoms with Crippen LogP contribution >= 0.6 is 23.2 Å². The van der Waals surface area contributed by atoms with Gasteiger partial charge in [-0.2, -0.15) is 9.55 Å².